The Labute approximate surface area is 65.7 Å². The van der Waals surface area contributed by atoms with Crippen LogP contribution in [0.25, 0.3) is 0 Å². The fraction of sp³-hybridized carbons (Fsp3) is 1.00. The standard InChI is InChI=1S/C8H14F2O/c1-6-2-4-11-5-3-7(6)8(9)10/h6-8H,2-5H2,1H3. The maximum atomic E-state index is 12.3. The van der Waals surface area contributed by atoms with Gasteiger partial charge in [0.05, 0.1) is 0 Å². The van der Waals surface area contributed by atoms with Crippen molar-refractivity contribution < 1.29 is 13.5 Å². The molecule has 0 bridgehead atoms. The Morgan fingerprint density at radius 3 is 2.55 bits per heavy atom. The maximum absolute atomic E-state index is 12.3. The molecule has 1 heterocycles. The second kappa shape index (κ2) is 4.00. The van der Waals surface area contributed by atoms with E-state index in [1.165, 1.54) is 0 Å². The van der Waals surface area contributed by atoms with Gasteiger partial charge in [-0.15, -0.1) is 0 Å². The molecule has 0 radical (unpaired) electrons. The molecule has 66 valence electrons. The van der Waals surface area contributed by atoms with E-state index in [1.54, 1.807) is 0 Å². The molecule has 3 heteroatoms. The van der Waals surface area contributed by atoms with E-state index in [0.717, 1.165) is 6.42 Å². The summed E-state index contributed by atoms with van der Waals surface area (Å²) in [5, 5.41) is 0. The molecule has 0 aliphatic carbocycles. The molecular weight excluding hydrogens is 150 g/mol. The second-order valence-corrected chi connectivity index (χ2v) is 3.17. The molecule has 1 fully saturated rings. The van der Waals surface area contributed by atoms with Crippen molar-refractivity contribution in [3.8, 4) is 0 Å². The fourth-order valence-electron chi connectivity index (χ4n) is 1.46. The second-order valence-electron chi connectivity index (χ2n) is 3.17. The smallest absolute Gasteiger partial charge is 0.241 e. The largest absolute Gasteiger partial charge is 0.381 e. The molecular formula is C8H14F2O. The predicted octanol–water partition coefficient (Wildman–Crippen LogP) is 2.31. The van der Waals surface area contributed by atoms with Crippen molar-refractivity contribution in [1.29, 1.82) is 0 Å². The zero-order valence-corrected chi connectivity index (χ0v) is 6.72. The van der Waals surface area contributed by atoms with Gasteiger partial charge in [-0.25, -0.2) is 8.78 Å². The summed E-state index contributed by atoms with van der Waals surface area (Å²) in [6.45, 7) is 3.02. The van der Waals surface area contributed by atoms with Crippen LogP contribution in [0.5, 0.6) is 0 Å². The van der Waals surface area contributed by atoms with Gasteiger partial charge < -0.3 is 4.74 Å². The number of halogens is 2. The van der Waals surface area contributed by atoms with Gasteiger partial charge in [0, 0.05) is 19.1 Å². The lowest BCUT2D eigenvalue weighted by molar-refractivity contribution is 0.0426. The molecule has 0 spiro atoms. The van der Waals surface area contributed by atoms with E-state index < -0.39 is 12.3 Å². The Morgan fingerprint density at radius 1 is 1.27 bits per heavy atom. The molecule has 1 rings (SSSR count). The highest BCUT2D eigenvalue weighted by molar-refractivity contribution is 4.70. The van der Waals surface area contributed by atoms with Crippen LogP contribution in [0, 0.1) is 11.8 Å². The average molecular weight is 164 g/mol. The summed E-state index contributed by atoms with van der Waals surface area (Å²) < 4.78 is 29.7. The Morgan fingerprint density at radius 2 is 1.91 bits per heavy atom. The van der Waals surface area contributed by atoms with Gasteiger partial charge in [-0.2, -0.15) is 0 Å². The van der Waals surface area contributed by atoms with Gasteiger partial charge in [0.15, 0.2) is 0 Å². The van der Waals surface area contributed by atoms with Crippen molar-refractivity contribution in [2.24, 2.45) is 11.8 Å². The molecule has 2 atom stereocenters. The van der Waals surface area contributed by atoms with E-state index >= 15 is 0 Å². The van der Waals surface area contributed by atoms with Crippen molar-refractivity contribution in [3.63, 3.8) is 0 Å². The van der Waals surface area contributed by atoms with Crippen molar-refractivity contribution >= 4 is 0 Å². The van der Waals surface area contributed by atoms with Gasteiger partial charge in [0.2, 0.25) is 6.43 Å². The lowest BCUT2D eigenvalue weighted by Crippen LogP contribution is -2.19. The van der Waals surface area contributed by atoms with Gasteiger partial charge in [0.1, 0.15) is 0 Å². The lowest BCUT2D eigenvalue weighted by atomic mass is 9.90. The van der Waals surface area contributed by atoms with Crippen LogP contribution in [0.4, 0.5) is 8.78 Å². The Kier molecular flexibility index (Phi) is 3.24. The van der Waals surface area contributed by atoms with E-state index in [-0.39, 0.29) is 5.92 Å². The van der Waals surface area contributed by atoms with Gasteiger partial charge in [-0.05, 0) is 18.8 Å². The van der Waals surface area contributed by atoms with Crippen LogP contribution in [0.15, 0.2) is 0 Å². The van der Waals surface area contributed by atoms with Crippen molar-refractivity contribution in [1.82, 2.24) is 0 Å². The Bertz CT molecular complexity index is 117. The summed E-state index contributed by atoms with van der Waals surface area (Å²) in [5.41, 5.74) is 0. The highest BCUT2D eigenvalue weighted by atomic mass is 19.3. The van der Waals surface area contributed by atoms with E-state index in [0.29, 0.717) is 19.6 Å². The van der Waals surface area contributed by atoms with Gasteiger partial charge >= 0.3 is 0 Å². The van der Waals surface area contributed by atoms with E-state index in [1.807, 2.05) is 6.92 Å². The molecule has 1 nitrogen and oxygen atoms in total. The first kappa shape index (κ1) is 8.91. The van der Waals surface area contributed by atoms with Crippen LogP contribution in [-0.4, -0.2) is 19.6 Å². The molecule has 0 amide bonds. The maximum Gasteiger partial charge on any atom is 0.241 e. The minimum Gasteiger partial charge on any atom is -0.381 e. The Hall–Kier alpha value is -0.180. The zero-order valence-electron chi connectivity index (χ0n) is 6.72. The van der Waals surface area contributed by atoms with Crippen LogP contribution in [0.3, 0.4) is 0 Å². The number of hydrogen-bond donors (Lipinski definition) is 0. The number of ether oxygens (including phenoxy) is 1. The number of rotatable bonds is 1. The lowest BCUT2D eigenvalue weighted by Gasteiger charge is -2.18. The molecule has 1 aliphatic rings. The molecule has 0 aromatic rings. The normalized spacial score (nSPS) is 33.8. The summed E-state index contributed by atoms with van der Waals surface area (Å²) in [7, 11) is 0. The van der Waals surface area contributed by atoms with Crippen LogP contribution in [-0.2, 0) is 4.74 Å². The van der Waals surface area contributed by atoms with Gasteiger partial charge in [-0.3, -0.25) is 0 Å². The minimum atomic E-state index is -2.17. The van der Waals surface area contributed by atoms with E-state index in [9.17, 15) is 8.78 Å². The summed E-state index contributed by atoms with van der Waals surface area (Å²) in [4.78, 5) is 0. The minimum absolute atomic E-state index is 0.109. The first-order valence-electron chi connectivity index (χ1n) is 4.07. The SMILES string of the molecule is CC1CCOCCC1C(F)F. The summed E-state index contributed by atoms with van der Waals surface area (Å²) in [6.07, 6.45) is -0.889. The summed E-state index contributed by atoms with van der Waals surface area (Å²) >= 11 is 0. The predicted molar refractivity (Wildman–Crippen MR) is 38.7 cm³/mol. The molecule has 1 aliphatic heterocycles. The molecule has 2 unspecified atom stereocenters. The molecule has 0 saturated carbocycles. The quantitative estimate of drug-likeness (QED) is 0.578. The first-order valence-corrected chi connectivity index (χ1v) is 4.07. The molecule has 1 saturated heterocycles. The molecule has 0 aromatic heterocycles. The highest BCUT2D eigenvalue weighted by Crippen LogP contribution is 2.27. The van der Waals surface area contributed by atoms with Gasteiger partial charge in [0.25, 0.3) is 0 Å². The van der Waals surface area contributed by atoms with E-state index in [2.05, 4.69) is 0 Å². The first-order chi connectivity index (χ1) is 5.22. The highest BCUT2D eigenvalue weighted by Gasteiger charge is 2.27. The van der Waals surface area contributed by atoms with Crippen LogP contribution in [0.2, 0.25) is 0 Å². The third kappa shape index (κ3) is 2.40. The van der Waals surface area contributed by atoms with Crippen molar-refractivity contribution in [3.05, 3.63) is 0 Å². The van der Waals surface area contributed by atoms with Crippen LogP contribution in [0.1, 0.15) is 19.8 Å². The third-order valence-corrected chi connectivity index (χ3v) is 2.37. The molecule has 11 heavy (non-hydrogen) atoms. The van der Waals surface area contributed by atoms with Crippen LogP contribution < -0.4 is 0 Å². The van der Waals surface area contributed by atoms with E-state index in [4.69, 9.17) is 4.74 Å². The third-order valence-electron chi connectivity index (χ3n) is 2.37. The molecule has 0 aromatic carbocycles. The monoisotopic (exact) mass is 164 g/mol. The average Bonchev–Trinajstić information content (AvgIpc) is 2.13. The number of hydrogen-bond acceptors (Lipinski definition) is 1. The summed E-state index contributed by atoms with van der Waals surface area (Å²) in [6, 6.07) is 0. The molecule has 0 N–H and O–H groups in total. The van der Waals surface area contributed by atoms with Crippen molar-refractivity contribution in [2.45, 2.75) is 26.2 Å². The topological polar surface area (TPSA) is 9.23 Å². The van der Waals surface area contributed by atoms with Crippen molar-refractivity contribution in [2.75, 3.05) is 13.2 Å². The Balaban J connectivity index is 2.45. The number of alkyl halides is 2. The zero-order chi connectivity index (χ0) is 8.27. The van der Waals surface area contributed by atoms with Crippen LogP contribution >= 0.6 is 0 Å². The summed E-state index contributed by atoms with van der Waals surface area (Å²) in [5.74, 6) is -0.338. The fourth-order valence-corrected chi connectivity index (χ4v) is 1.46. The van der Waals surface area contributed by atoms with Gasteiger partial charge in [-0.1, -0.05) is 6.92 Å².